The smallest absolute Gasteiger partial charge is 0.144 e. The van der Waals surface area contributed by atoms with Crippen LogP contribution >= 0.6 is 0 Å². The number of anilines is 1. The minimum atomic E-state index is -0.291. The molecule has 0 radical (unpaired) electrons. The van der Waals surface area contributed by atoms with Gasteiger partial charge < -0.3 is 10.1 Å². The zero-order valence-corrected chi connectivity index (χ0v) is 9.79. The van der Waals surface area contributed by atoms with Crippen molar-refractivity contribution in [2.45, 2.75) is 25.8 Å². The lowest BCUT2D eigenvalue weighted by atomic mass is 10.1. The van der Waals surface area contributed by atoms with Gasteiger partial charge in [0.05, 0.1) is 12.8 Å². The highest BCUT2D eigenvalue weighted by Crippen LogP contribution is 2.26. The maximum atomic E-state index is 13.0. The Morgan fingerprint density at radius 2 is 2.31 bits per heavy atom. The van der Waals surface area contributed by atoms with E-state index >= 15 is 0 Å². The van der Waals surface area contributed by atoms with E-state index in [-0.39, 0.29) is 5.82 Å². The molecule has 1 rings (SSSR count). The van der Waals surface area contributed by atoms with E-state index in [9.17, 15) is 4.39 Å². The zero-order valence-electron chi connectivity index (χ0n) is 9.79. The van der Waals surface area contributed by atoms with Gasteiger partial charge in [0.15, 0.2) is 0 Å². The van der Waals surface area contributed by atoms with Gasteiger partial charge in [0.1, 0.15) is 11.6 Å². The van der Waals surface area contributed by atoms with Gasteiger partial charge in [-0.15, -0.1) is 6.58 Å². The first-order chi connectivity index (χ1) is 7.67. The minimum Gasteiger partial charge on any atom is -0.494 e. The van der Waals surface area contributed by atoms with Crippen LogP contribution in [-0.2, 0) is 0 Å². The Morgan fingerprint density at radius 3 is 2.94 bits per heavy atom. The van der Waals surface area contributed by atoms with Crippen LogP contribution < -0.4 is 10.1 Å². The molecule has 0 saturated heterocycles. The molecular weight excluding hydrogens is 205 g/mol. The van der Waals surface area contributed by atoms with E-state index in [4.69, 9.17) is 4.74 Å². The Morgan fingerprint density at radius 1 is 1.56 bits per heavy atom. The molecule has 1 aromatic rings. The van der Waals surface area contributed by atoms with E-state index in [1.165, 1.54) is 19.2 Å². The van der Waals surface area contributed by atoms with Gasteiger partial charge in [0.2, 0.25) is 0 Å². The van der Waals surface area contributed by atoms with Crippen LogP contribution in [0.3, 0.4) is 0 Å². The highest BCUT2D eigenvalue weighted by atomic mass is 19.1. The highest BCUT2D eigenvalue weighted by Gasteiger charge is 2.07. The Kier molecular flexibility index (Phi) is 4.83. The number of hydrogen-bond donors (Lipinski definition) is 1. The van der Waals surface area contributed by atoms with E-state index in [0.29, 0.717) is 11.8 Å². The molecule has 0 spiro atoms. The summed E-state index contributed by atoms with van der Waals surface area (Å²) >= 11 is 0. The number of benzene rings is 1. The van der Waals surface area contributed by atoms with Gasteiger partial charge in [-0.3, -0.25) is 0 Å². The van der Waals surface area contributed by atoms with Crippen molar-refractivity contribution in [2.24, 2.45) is 0 Å². The number of ether oxygens (including phenoxy) is 1. The monoisotopic (exact) mass is 223 g/mol. The standard InChI is InChI=1S/C13H18FNO/c1-4-5-6-10(2)15-12-8-7-11(14)9-13(12)16-3/h4,7-10,15H,1,5-6H2,2-3H3. The molecule has 2 nitrogen and oxygen atoms in total. The molecule has 0 aliphatic carbocycles. The molecule has 1 atom stereocenters. The molecular formula is C13H18FNO. The molecule has 1 N–H and O–H groups in total. The molecule has 3 heteroatoms. The van der Waals surface area contributed by atoms with Crippen molar-refractivity contribution >= 4 is 5.69 Å². The van der Waals surface area contributed by atoms with Crippen molar-refractivity contribution in [3.8, 4) is 5.75 Å². The van der Waals surface area contributed by atoms with Gasteiger partial charge in [-0.25, -0.2) is 4.39 Å². The summed E-state index contributed by atoms with van der Waals surface area (Å²) in [5.74, 6) is 0.242. The number of methoxy groups -OCH3 is 1. The van der Waals surface area contributed by atoms with Crippen LogP contribution in [0.4, 0.5) is 10.1 Å². The van der Waals surface area contributed by atoms with Crippen molar-refractivity contribution in [3.63, 3.8) is 0 Å². The number of allylic oxidation sites excluding steroid dienone is 1. The lowest BCUT2D eigenvalue weighted by molar-refractivity contribution is 0.412. The minimum absolute atomic E-state index is 0.291. The average molecular weight is 223 g/mol. The van der Waals surface area contributed by atoms with Crippen LogP contribution in [0, 0.1) is 5.82 Å². The third-order valence-electron chi connectivity index (χ3n) is 2.37. The van der Waals surface area contributed by atoms with E-state index in [2.05, 4.69) is 18.8 Å². The Labute approximate surface area is 96.1 Å². The van der Waals surface area contributed by atoms with E-state index in [0.717, 1.165) is 18.5 Å². The summed E-state index contributed by atoms with van der Waals surface area (Å²) in [5, 5.41) is 3.28. The molecule has 1 aromatic carbocycles. The summed E-state index contributed by atoms with van der Waals surface area (Å²) < 4.78 is 18.1. The van der Waals surface area contributed by atoms with Crippen molar-refractivity contribution in [2.75, 3.05) is 12.4 Å². The van der Waals surface area contributed by atoms with Gasteiger partial charge in [0.25, 0.3) is 0 Å². The predicted octanol–water partition coefficient (Wildman–Crippen LogP) is 3.60. The molecule has 0 amide bonds. The van der Waals surface area contributed by atoms with Crippen LogP contribution in [0.2, 0.25) is 0 Å². The molecule has 0 saturated carbocycles. The van der Waals surface area contributed by atoms with E-state index in [1.54, 1.807) is 6.07 Å². The second kappa shape index (κ2) is 6.16. The molecule has 16 heavy (non-hydrogen) atoms. The fourth-order valence-electron chi connectivity index (χ4n) is 1.49. The van der Waals surface area contributed by atoms with Gasteiger partial charge in [-0.05, 0) is 31.9 Å². The van der Waals surface area contributed by atoms with Crippen LogP contribution in [0.25, 0.3) is 0 Å². The zero-order chi connectivity index (χ0) is 12.0. The molecule has 1 unspecified atom stereocenters. The topological polar surface area (TPSA) is 21.3 Å². The van der Waals surface area contributed by atoms with Crippen LogP contribution in [0.1, 0.15) is 19.8 Å². The second-order valence-electron chi connectivity index (χ2n) is 3.76. The third kappa shape index (κ3) is 3.57. The summed E-state index contributed by atoms with van der Waals surface area (Å²) in [7, 11) is 1.54. The summed E-state index contributed by atoms with van der Waals surface area (Å²) in [5.41, 5.74) is 0.820. The van der Waals surface area contributed by atoms with E-state index in [1.807, 2.05) is 6.08 Å². The van der Waals surface area contributed by atoms with Crippen molar-refractivity contribution in [1.29, 1.82) is 0 Å². The largest absolute Gasteiger partial charge is 0.494 e. The maximum Gasteiger partial charge on any atom is 0.144 e. The number of hydrogen-bond acceptors (Lipinski definition) is 2. The number of nitrogens with one attached hydrogen (secondary N) is 1. The van der Waals surface area contributed by atoms with Crippen LogP contribution in [0.5, 0.6) is 5.75 Å². The maximum absolute atomic E-state index is 13.0. The molecule has 0 heterocycles. The Bertz CT molecular complexity index is 352. The lowest BCUT2D eigenvalue weighted by Crippen LogP contribution is -2.15. The van der Waals surface area contributed by atoms with Gasteiger partial charge >= 0.3 is 0 Å². The normalized spacial score (nSPS) is 11.9. The van der Waals surface area contributed by atoms with E-state index < -0.39 is 0 Å². The molecule has 0 aliphatic heterocycles. The van der Waals surface area contributed by atoms with Gasteiger partial charge in [-0.1, -0.05) is 6.08 Å². The number of rotatable bonds is 6. The summed E-state index contributed by atoms with van der Waals surface area (Å²) in [6.45, 7) is 5.76. The molecule has 0 aliphatic rings. The summed E-state index contributed by atoms with van der Waals surface area (Å²) in [6, 6.07) is 4.80. The summed E-state index contributed by atoms with van der Waals surface area (Å²) in [4.78, 5) is 0. The fraction of sp³-hybridized carbons (Fsp3) is 0.385. The lowest BCUT2D eigenvalue weighted by Gasteiger charge is -2.16. The van der Waals surface area contributed by atoms with Crippen LogP contribution in [0.15, 0.2) is 30.9 Å². The quantitative estimate of drug-likeness (QED) is 0.744. The summed E-state index contributed by atoms with van der Waals surface area (Å²) in [6.07, 6.45) is 3.84. The van der Waals surface area contributed by atoms with Gasteiger partial charge in [0, 0.05) is 12.1 Å². The average Bonchev–Trinajstić information content (AvgIpc) is 2.28. The molecule has 0 bridgehead atoms. The molecule has 0 aromatic heterocycles. The van der Waals surface area contributed by atoms with Crippen molar-refractivity contribution < 1.29 is 9.13 Å². The first-order valence-corrected chi connectivity index (χ1v) is 5.38. The first-order valence-electron chi connectivity index (χ1n) is 5.38. The van der Waals surface area contributed by atoms with Crippen molar-refractivity contribution in [1.82, 2.24) is 0 Å². The second-order valence-corrected chi connectivity index (χ2v) is 3.76. The third-order valence-corrected chi connectivity index (χ3v) is 2.37. The van der Waals surface area contributed by atoms with Gasteiger partial charge in [-0.2, -0.15) is 0 Å². The predicted molar refractivity (Wildman–Crippen MR) is 65.5 cm³/mol. The first kappa shape index (κ1) is 12.6. The highest BCUT2D eigenvalue weighted by molar-refractivity contribution is 5.56. The Hall–Kier alpha value is -1.51. The number of halogens is 1. The Balaban J connectivity index is 2.68. The van der Waals surface area contributed by atoms with Crippen molar-refractivity contribution in [3.05, 3.63) is 36.7 Å². The van der Waals surface area contributed by atoms with Crippen LogP contribution in [-0.4, -0.2) is 13.2 Å². The SMILES string of the molecule is C=CCCC(C)Nc1ccc(F)cc1OC. The molecule has 88 valence electrons. The fourth-order valence-corrected chi connectivity index (χ4v) is 1.49. The molecule has 0 fully saturated rings.